The van der Waals surface area contributed by atoms with Gasteiger partial charge in [-0.3, -0.25) is 4.99 Å². The molecule has 1 fully saturated rings. The maximum atomic E-state index is 4.37. The van der Waals surface area contributed by atoms with E-state index in [1.165, 1.54) is 51.7 Å². The minimum Gasteiger partial charge on any atom is -0.356 e. The van der Waals surface area contributed by atoms with Crippen LogP contribution in [0.4, 0.5) is 0 Å². The highest BCUT2D eigenvalue weighted by Crippen LogP contribution is 2.15. The molecule has 0 spiro atoms. The summed E-state index contributed by atoms with van der Waals surface area (Å²) in [4.78, 5) is 6.95. The summed E-state index contributed by atoms with van der Waals surface area (Å²) in [5, 5.41) is 7.04. The van der Waals surface area contributed by atoms with Gasteiger partial charge in [0.25, 0.3) is 0 Å². The quantitative estimate of drug-likeness (QED) is 0.508. The summed E-state index contributed by atoms with van der Waals surface area (Å²) in [6.07, 6.45) is 6.39. The molecule has 0 aliphatic carbocycles. The van der Waals surface area contributed by atoms with Gasteiger partial charge >= 0.3 is 0 Å². The fourth-order valence-electron chi connectivity index (χ4n) is 3.17. The zero-order valence-electron chi connectivity index (χ0n) is 15.5. The van der Waals surface area contributed by atoms with Crippen LogP contribution in [0.3, 0.4) is 0 Å². The topological polar surface area (TPSA) is 39.7 Å². The molecule has 1 aliphatic heterocycles. The Kier molecular flexibility index (Phi) is 9.53. The number of aliphatic imine (C=N–C) groups is 1. The first-order valence-electron chi connectivity index (χ1n) is 9.24. The molecule has 0 aromatic carbocycles. The van der Waals surface area contributed by atoms with Gasteiger partial charge < -0.3 is 15.5 Å². The van der Waals surface area contributed by atoms with E-state index in [1.807, 2.05) is 7.05 Å². The number of guanidine groups is 1. The average Bonchev–Trinajstić information content (AvgIpc) is 2.91. The van der Waals surface area contributed by atoms with E-state index in [-0.39, 0.29) is 0 Å². The summed E-state index contributed by atoms with van der Waals surface area (Å²) in [6.45, 7) is 13.9. The molecular formula is C18H38N4. The van der Waals surface area contributed by atoms with E-state index in [0.29, 0.717) is 6.04 Å². The van der Waals surface area contributed by atoms with E-state index in [4.69, 9.17) is 0 Å². The molecule has 2 atom stereocenters. The van der Waals surface area contributed by atoms with Crippen LogP contribution in [0.1, 0.15) is 59.8 Å². The van der Waals surface area contributed by atoms with Crippen molar-refractivity contribution in [2.24, 2.45) is 16.8 Å². The van der Waals surface area contributed by atoms with Crippen molar-refractivity contribution in [3.05, 3.63) is 0 Å². The SMILES string of the molecule is CCCN1CCC(CNC(=NC)NC(C)CCCC(C)C)C1. The van der Waals surface area contributed by atoms with E-state index >= 15 is 0 Å². The maximum absolute atomic E-state index is 4.37. The number of nitrogens with zero attached hydrogens (tertiary/aromatic N) is 2. The second kappa shape index (κ2) is 10.9. The van der Waals surface area contributed by atoms with Crippen molar-refractivity contribution in [3.63, 3.8) is 0 Å². The standard InChI is InChI=1S/C18H38N4/c1-6-11-22-12-10-17(14-22)13-20-18(19-5)21-16(4)9-7-8-15(2)3/h15-17H,6-14H2,1-5H3,(H2,19,20,21). The van der Waals surface area contributed by atoms with Gasteiger partial charge in [0.15, 0.2) is 5.96 Å². The van der Waals surface area contributed by atoms with Crippen LogP contribution in [0.5, 0.6) is 0 Å². The van der Waals surface area contributed by atoms with Gasteiger partial charge in [-0.15, -0.1) is 0 Å². The van der Waals surface area contributed by atoms with E-state index < -0.39 is 0 Å². The smallest absolute Gasteiger partial charge is 0.191 e. The van der Waals surface area contributed by atoms with Gasteiger partial charge in [0.2, 0.25) is 0 Å². The van der Waals surface area contributed by atoms with Gasteiger partial charge in [0.1, 0.15) is 0 Å². The lowest BCUT2D eigenvalue weighted by atomic mass is 10.0. The number of rotatable bonds is 9. The highest BCUT2D eigenvalue weighted by atomic mass is 15.2. The van der Waals surface area contributed by atoms with Crippen molar-refractivity contribution in [1.29, 1.82) is 0 Å². The summed E-state index contributed by atoms with van der Waals surface area (Å²) in [5.74, 6) is 2.53. The maximum Gasteiger partial charge on any atom is 0.191 e. The molecule has 0 aromatic heterocycles. The predicted octanol–water partition coefficient (Wildman–Crippen LogP) is 3.10. The van der Waals surface area contributed by atoms with Crippen LogP contribution in [-0.2, 0) is 0 Å². The zero-order valence-corrected chi connectivity index (χ0v) is 15.5. The van der Waals surface area contributed by atoms with E-state index in [2.05, 4.69) is 48.2 Å². The van der Waals surface area contributed by atoms with Crippen LogP contribution in [0, 0.1) is 11.8 Å². The monoisotopic (exact) mass is 310 g/mol. The molecule has 4 heteroatoms. The van der Waals surface area contributed by atoms with Crippen LogP contribution >= 0.6 is 0 Å². The number of hydrogen-bond donors (Lipinski definition) is 2. The molecule has 1 saturated heterocycles. The molecule has 1 rings (SSSR count). The minimum atomic E-state index is 0.491. The first-order valence-corrected chi connectivity index (χ1v) is 9.24. The van der Waals surface area contributed by atoms with Gasteiger partial charge in [-0.25, -0.2) is 0 Å². The Hall–Kier alpha value is -0.770. The first-order chi connectivity index (χ1) is 10.5. The van der Waals surface area contributed by atoms with E-state index in [0.717, 1.165) is 24.3 Å². The zero-order chi connectivity index (χ0) is 16.4. The molecule has 0 aromatic rings. The van der Waals surface area contributed by atoms with Gasteiger partial charge in [-0.1, -0.05) is 33.6 Å². The van der Waals surface area contributed by atoms with Crippen LogP contribution in [-0.4, -0.2) is 50.1 Å². The molecule has 0 radical (unpaired) electrons. The number of hydrogen-bond acceptors (Lipinski definition) is 2. The van der Waals surface area contributed by atoms with Crippen LogP contribution in [0.15, 0.2) is 4.99 Å². The molecule has 0 bridgehead atoms. The normalized spacial score (nSPS) is 21.4. The average molecular weight is 311 g/mol. The predicted molar refractivity (Wildman–Crippen MR) is 97.5 cm³/mol. The summed E-state index contributed by atoms with van der Waals surface area (Å²) in [7, 11) is 1.87. The largest absolute Gasteiger partial charge is 0.356 e. The summed E-state index contributed by atoms with van der Waals surface area (Å²) in [5.41, 5.74) is 0. The Morgan fingerprint density at radius 2 is 2.05 bits per heavy atom. The molecule has 1 aliphatic rings. The number of likely N-dealkylation sites (tertiary alicyclic amines) is 1. The molecule has 2 N–H and O–H groups in total. The molecule has 130 valence electrons. The Balaban J connectivity index is 2.19. The van der Waals surface area contributed by atoms with Crippen molar-refractivity contribution < 1.29 is 0 Å². The van der Waals surface area contributed by atoms with Crippen molar-refractivity contribution in [1.82, 2.24) is 15.5 Å². The van der Waals surface area contributed by atoms with Crippen LogP contribution in [0.25, 0.3) is 0 Å². The summed E-state index contributed by atoms with van der Waals surface area (Å²) >= 11 is 0. The molecule has 4 nitrogen and oxygen atoms in total. The second-order valence-corrected chi connectivity index (χ2v) is 7.28. The third kappa shape index (κ3) is 8.02. The Morgan fingerprint density at radius 1 is 1.27 bits per heavy atom. The lowest BCUT2D eigenvalue weighted by molar-refractivity contribution is 0.324. The fourth-order valence-corrected chi connectivity index (χ4v) is 3.17. The summed E-state index contributed by atoms with van der Waals surface area (Å²) in [6, 6.07) is 0.491. The van der Waals surface area contributed by atoms with Crippen LogP contribution < -0.4 is 10.6 Å². The van der Waals surface area contributed by atoms with Gasteiger partial charge in [0, 0.05) is 26.2 Å². The Labute approximate surface area is 138 Å². The molecule has 1 heterocycles. The number of nitrogens with one attached hydrogen (secondary N) is 2. The van der Waals surface area contributed by atoms with Crippen molar-refractivity contribution >= 4 is 5.96 Å². The molecule has 0 amide bonds. The van der Waals surface area contributed by atoms with Crippen molar-refractivity contribution in [2.75, 3.05) is 33.2 Å². The third-order valence-corrected chi connectivity index (χ3v) is 4.49. The van der Waals surface area contributed by atoms with E-state index in [9.17, 15) is 0 Å². The lowest BCUT2D eigenvalue weighted by Crippen LogP contribution is -2.44. The lowest BCUT2D eigenvalue weighted by Gasteiger charge is -2.20. The minimum absolute atomic E-state index is 0.491. The summed E-state index contributed by atoms with van der Waals surface area (Å²) < 4.78 is 0. The first kappa shape index (κ1) is 19.3. The van der Waals surface area contributed by atoms with Gasteiger partial charge in [-0.05, 0) is 51.1 Å². The van der Waals surface area contributed by atoms with Gasteiger partial charge in [-0.2, -0.15) is 0 Å². The highest BCUT2D eigenvalue weighted by Gasteiger charge is 2.21. The third-order valence-electron chi connectivity index (χ3n) is 4.49. The molecule has 22 heavy (non-hydrogen) atoms. The van der Waals surface area contributed by atoms with Crippen molar-refractivity contribution in [2.45, 2.75) is 65.8 Å². The molecule has 0 saturated carbocycles. The van der Waals surface area contributed by atoms with E-state index in [1.54, 1.807) is 0 Å². The Morgan fingerprint density at radius 3 is 2.68 bits per heavy atom. The second-order valence-electron chi connectivity index (χ2n) is 7.28. The van der Waals surface area contributed by atoms with Crippen LogP contribution in [0.2, 0.25) is 0 Å². The fraction of sp³-hybridized carbons (Fsp3) is 0.944. The van der Waals surface area contributed by atoms with Crippen molar-refractivity contribution in [3.8, 4) is 0 Å². The molecular weight excluding hydrogens is 272 g/mol. The Bertz CT molecular complexity index is 314. The van der Waals surface area contributed by atoms with Gasteiger partial charge in [0.05, 0.1) is 0 Å². The molecule has 2 unspecified atom stereocenters. The highest BCUT2D eigenvalue weighted by molar-refractivity contribution is 5.79.